The van der Waals surface area contributed by atoms with Crippen LogP contribution in [-0.4, -0.2) is 45.0 Å². The highest BCUT2D eigenvalue weighted by atomic mass is 35.5. The summed E-state index contributed by atoms with van der Waals surface area (Å²) < 4.78 is 18.7. The molecule has 0 bridgehead atoms. The van der Waals surface area contributed by atoms with E-state index in [1.165, 1.54) is 27.6 Å². The summed E-state index contributed by atoms with van der Waals surface area (Å²) in [6, 6.07) is 9.70. The molecule has 38 heavy (non-hydrogen) atoms. The predicted molar refractivity (Wildman–Crippen MR) is 150 cm³/mol. The van der Waals surface area contributed by atoms with Crippen molar-refractivity contribution in [1.82, 2.24) is 19.8 Å². The van der Waals surface area contributed by atoms with E-state index in [0.29, 0.717) is 42.1 Å². The molecule has 0 aliphatic carbocycles. The van der Waals surface area contributed by atoms with Gasteiger partial charge in [0.1, 0.15) is 5.67 Å². The number of fused-ring (bicyclic) bond motifs is 3. The zero-order valence-electron chi connectivity index (χ0n) is 20.2. The van der Waals surface area contributed by atoms with Crippen LogP contribution in [0.15, 0.2) is 53.5 Å². The Hall–Kier alpha value is -3.11. The predicted octanol–water partition coefficient (Wildman–Crippen LogP) is 6.52. The quantitative estimate of drug-likeness (QED) is 0.247. The molecular formula is C28H22ClFN4O2S2. The molecule has 0 unspecified atom stereocenters. The molecule has 10 heteroatoms. The molecule has 5 aromatic rings. The lowest BCUT2D eigenvalue weighted by molar-refractivity contribution is 0.0643. The number of piperidine rings is 1. The Morgan fingerprint density at radius 3 is 2.55 bits per heavy atom. The number of carbonyl (C=O) groups excluding carboxylic acids is 2. The van der Waals surface area contributed by atoms with Gasteiger partial charge in [0.2, 0.25) is 0 Å². The van der Waals surface area contributed by atoms with Gasteiger partial charge in [-0.25, -0.2) is 4.39 Å². The zero-order valence-corrected chi connectivity index (χ0v) is 22.6. The number of pyridine rings is 1. The summed E-state index contributed by atoms with van der Waals surface area (Å²) >= 11 is 9.42. The molecule has 4 aromatic heterocycles. The molecule has 2 amide bonds. The number of alkyl halides is 1. The van der Waals surface area contributed by atoms with E-state index >= 15 is 4.39 Å². The summed E-state index contributed by atoms with van der Waals surface area (Å²) in [4.78, 5) is 32.3. The number of nitrogens with zero attached hydrogens (tertiary/aromatic N) is 3. The van der Waals surface area contributed by atoms with Gasteiger partial charge in [-0.2, -0.15) is 11.3 Å². The first-order valence-electron chi connectivity index (χ1n) is 12.4. The minimum absolute atomic E-state index is 0.192. The third-order valence-electron chi connectivity index (χ3n) is 7.46. The Morgan fingerprint density at radius 1 is 1.03 bits per heavy atom. The van der Waals surface area contributed by atoms with Crippen LogP contribution in [0.2, 0.25) is 5.02 Å². The molecule has 0 saturated carbocycles. The summed E-state index contributed by atoms with van der Waals surface area (Å²) in [7, 11) is 0. The number of aromatic nitrogens is 2. The molecular weight excluding hydrogens is 543 g/mol. The van der Waals surface area contributed by atoms with Gasteiger partial charge in [-0.15, -0.1) is 11.3 Å². The van der Waals surface area contributed by atoms with E-state index in [9.17, 15) is 9.59 Å². The third kappa shape index (κ3) is 3.88. The number of amides is 2. The van der Waals surface area contributed by atoms with Crippen LogP contribution >= 0.6 is 34.3 Å². The van der Waals surface area contributed by atoms with Crippen LogP contribution < -0.4 is 5.32 Å². The second-order valence-electron chi connectivity index (χ2n) is 9.92. The topological polar surface area (TPSA) is 67.2 Å². The van der Waals surface area contributed by atoms with E-state index in [-0.39, 0.29) is 24.9 Å². The number of nitrogens with one attached hydrogen (secondary N) is 1. The van der Waals surface area contributed by atoms with Crippen LogP contribution in [0, 0.1) is 0 Å². The van der Waals surface area contributed by atoms with Crippen molar-refractivity contribution in [3.05, 3.63) is 74.5 Å². The van der Waals surface area contributed by atoms with E-state index in [2.05, 4.69) is 10.3 Å². The number of benzene rings is 1. The monoisotopic (exact) mass is 564 g/mol. The van der Waals surface area contributed by atoms with Crippen molar-refractivity contribution in [3.8, 4) is 11.1 Å². The highest BCUT2D eigenvalue weighted by Crippen LogP contribution is 2.41. The Kier molecular flexibility index (Phi) is 5.66. The molecule has 2 aliphatic rings. The average Bonchev–Trinajstić information content (AvgIpc) is 3.67. The van der Waals surface area contributed by atoms with Gasteiger partial charge in [-0.3, -0.25) is 19.5 Å². The fraction of sp³-hybridized carbons (Fsp3) is 0.250. The van der Waals surface area contributed by atoms with Crippen LogP contribution in [0.25, 0.3) is 32.2 Å². The number of imide groups is 1. The lowest BCUT2D eigenvalue weighted by atomic mass is 9.94. The van der Waals surface area contributed by atoms with Crippen LogP contribution in [0.3, 0.4) is 0 Å². The molecule has 6 heterocycles. The molecule has 1 fully saturated rings. The lowest BCUT2D eigenvalue weighted by Crippen LogP contribution is -2.41. The first kappa shape index (κ1) is 24.0. The van der Waals surface area contributed by atoms with Gasteiger partial charge in [-0.05, 0) is 56.3 Å². The van der Waals surface area contributed by atoms with Gasteiger partial charge in [0.15, 0.2) is 0 Å². The molecule has 0 radical (unpaired) electrons. The van der Waals surface area contributed by atoms with E-state index in [0.717, 1.165) is 37.1 Å². The molecule has 6 nitrogen and oxygen atoms in total. The molecule has 1 aromatic carbocycles. The number of hydrogen-bond donors (Lipinski definition) is 1. The van der Waals surface area contributed by atoms with E-state index < -0.39 is 5.67 Å². The largest absolute Gasteiger partial charge is 0.344 e. The number of hydrogen-bond acceptors (Lipinski definition) is 6. The molecule has 0 atom stereocenters. The zero-order chi connectivity index (χ0) is 26.0. The summed E-state index contributed by atoms with van der Waals surface area (Å²) in [5.41, 5.74) is 3.24. The maximum atomic E-state index is 15.7. The normalized spacial score (nSPS) is 17.2. The number of carbonyl (C=O) groups is 2. The van der Waals surface area contributed by atoms with Gasteiger partial charge in [-0.1, -0.05) is 11.6 Å². The van der Waals surface area contributed by atoms with Crippen molar-refractivity contribution in [2.75, 3.05) is 13.1 Å². The fourth-order valence-electron chi connectivity index (χ4n) is 5.58. The fourth-order valence-corrected chi connectivity index (χ4v) is 7.73. The molecule has 1 saturated heterocycles. The Bertz CT molecular complexity index is 1720. The van der Waals surface area contributed by atoms with Crippen LogP contribution in [0.5, 0.6) is 0 Å². The second-order valence-corrected chi connectivity index (χ2v) is 12.2. The lowest BCUT2D eigenvalue weighted by Gasteiger charge is -2.31. The Labute approximate surface area is 230 Å². The molecule has 192 valence electrons. The van der Waals surface area contributed by atoms with Gasteiger partial charge in [0.05, 0.1) is 39.9 Å². The average molecular weight is 565 g/mol. The van der Waals surface area contributed by atoms with Crippen molar-refractivity contribution in [2.24, 2.45) is 0 Å². The van der Waals surface area contributed by atoms with Crippen molar-refractivity contribution in [2.45, 2.75) is 31.6 Å². The second kappa shape index (κ2) is 8.98. The van der Waals surface area contributed by atoms with Crippen LogP contribution in [-0.2, 0) is 13.1 Å². The van der Waals surface area contributed by atoms with Gasteiger partial charge in [0.25, 0.3) is 11.8 Å². The van der Waals surface area contributed by atoms with Crippen molar-refractivity contribution in [3.63, 3.8) is 0 Å². The number of rotatable bonds is 5. The summed E-state index contributed by atoms with van der Waals surface area (Å²) in [5, 5.41) is 8.25. The first-order valence-corrected chi connectivity index (χ1v) is 14.5. The van der Waals surface area contributed by atoms with Crippen molar-refractivity contribution >= 4 is 67.2 Å². The maximum Gasteiger partial charge on any atom is 0.262 e. The molecule has 0 spiro atoms. The van der Waals surface area contributed by atoms with Crippen LogP contribution in [0.1, 0.15) is 38.4 Å². The maximum absolute atomic E-state index is 15.7. The summed E-state index contributed by atoms with van der Waals surface area (Å²) in [6.45, 7) is 1.82. The first-order chi connectivity index (χ1) is 18.4. The Morgan fingerprint density at radius 2 is 1.79 bits per heavy atom. The molecule has 7 rings (SSSR count). The summed E-state index contributed by atoms with van der Waals surface area (Å²) in [5.74, 6) is -0.520. The minimum Gasteiger partial charge on any atom is -0.344 e. The standard InChI is InChI=1S/C28H22ClFN4O2S2/c29-17-9-16-2-8-33(15-28(30)3-6-31-7-4-28)24(16)20(10-17)19-1-5-32-23-11-18(38-25(19)23)12-34-26(35)21-13-37-14-22(21)27(34)36/h1-2,5,8-11,13-14,31H,3-4,6-7,12,15H2. The summed E-state index contributed by atoms with van der Waals surface area (Å²) in [6.07, 6.45) is 4.64. The minimum atomic E-state index is -1.27. The third-order valence-corrected chi connectivity index (χ3v) is 9.56. The Balaban J connectivity index is 1.30. The van der Waals surface area contributed by atoms with E-state index in [4.69, 9.17) is 11.6 Å². The highest BCUT2D eigenvalue weighted by Gasteiger charge is 2.37. The van der Waals surface area contributed by atoms with Gasteiger partial charge in [0, 0.05) is 49.6 Å². The molecule has 1 N–H and O–H groups in total. The SMILES string of the molecule is O=C1c2cscc2C(=O)N1Cc1cc2nccc(-c3cc(Cl)cc4ccn(CC5(F)CCNCC5)c34)c2s1. The smallest absolute Gasteiger partial charge is 0.262 e. The number of halogens is 2. The van der Waals surface area contributed by atoms with Gasteiger partial charge >= 0.3 is 0 Å². The highest BCUT2D eigenvalue weighted by molar-refractivity contribution is 7.19. The van der Waals surface area contributed by atoms with Crippen LogP contribution in [0.4, 0.5) is 4.39 Å². The molecule has 2 aliphatic heterocycles. The van der Waals surface area contributed by atoms with Crippen molar-refractivity contribution < 1.29 is 14.0 Å². The van der Waals surface area contributed by atoms with E-state index in [1.807, 2.05) is 41.1 Å². The van der Waals surface area contributed by atoms with E-state index in [1.54, 1.807) is 17.0 Å². The van der Waals surface area contributed by atoms with Crippen molar-refractivity contribution in [1.29, 1.82) is 0 Å². The van der Waals surface area contributed by atoms with Gasteiger partial charge < -0.3 is 9.88 Å². The number of thiophene rings is 2.